The van der Waals surface area contributed by atoms with E-state index in [-0.39, 0.29) is 11.5 Å². The van der Waals surface area contributed by atoms with Crippen LogP contribution in [0.25, 0.3) is 17.0 Å². The van der Waals surface area contributed by atoms with Gasteiger partial charge in [-0.25, -0.2) is 0 Å². The van der Waals surface area contributed by atoms with Gasteiger partial charge < -0.3 is 4.90 Å². The number of aromatic nitrogens is 1. The minimum Gasteiger partial charge on any atom is -0.375 e. The van der Waals surface area contributed by atoms with E-state index in [2.05, 4.69) is 0 Å². The highest BCUT2D eigenvalue weighted by Gasteiger charge is 2.32. The summed E-state index contributed by atoms with van der Waals surface area (Å²) >= 11 is 0. The second-order valence-corrected chi connectivity index (χ2v) is 4.84. The van der Waals surface area contributed by atoms with Gasteiger partial charge in [0.05, 0.1) is 17.1 Å². The van der Waals surface area contributed by atoms with Crippen LogP contribution in [0.3, 0.4) is 0 Å². The maximum atomic E-state index is 12.5. The monoisotopic (exact) mass is 263 g/mol. The number of benzene rings is 1. The predicted molar refractivity (Wildman–Crippen MR) is 76.7 cm³/mol. The second-order valence-electron chi connectivity index (χ2n) is 4.84. The third-order valence-corrected chi connectivity index (χ3v) is 3.41. The van der Waals surface area contributed by atoms with Crippen molar-refractivity contribution < 1.29 is 4.79 Å². The molecule has 0 amide bonds. The van der Waals surface area contributed by atoms with Crippen molar-refractivity contribution in [3.63, 3.8) is 0 Å². The molecule has 0 spiro atoms. The molecule has 98 valence electrons. The van der Waals surface area contributed by atoms with Crippen LogP contribution in [-0.2, 0) is 0 Å². The predicted octanol–water partition coefficient (Wildman–Crippen LogP) is 2.61. The van der Waals surface area contributed by atoms with Crippen molar-refractivity contribution in [1.29, 1.82) is 5.26 Å². The standard InChI is InChI=1S/C16H13N3O/c1-18(2)15-12(10-17)16(20)19-13(8-9-14(15)19)11-6-4-3-5-7-11/h3-9H,1-2H3. The summed E-state index contributed by atoms with van der Waals surface area (Å²) in [7, 11) is 3.68. The Morgan fingerprint density at radius 1 is 1.05 bits per heavy atom. The largest absolute Gasteiger partial charge is 0.375 e. The van der Waals surface area contributed by atoms with Gasteiger partial charge in [0.15, 0.2) is 0 Å². The van der Waals surface area contributed by atoms with Gasteiger partial charge in [0.2, 0.25) is 0 Å². The summed E-state index contributed by atoms with van der Waals surface area (Å²) in [5, 5.41) is 9.24. The molecule has 0 aliphatic carbocycles. The number of nitrogens with zero attached hydrogens (tertiary/aromatic N) is 3. The third-order valence-electron chi connectivity index (χ3n) is 3.41. The third kappa shape index (κ3) is 1.57. The van der Waals surface area contributed by atoms with Crippen LogP contribution in [0.1, 0.15) is 10.5 Å². The summed E-state index contributed by atoms with van der Waals surface area (Å²) in [4.78, 5) is 14.3. The van der Waals surface area contributed by atoms with Gasteiger partial charge in [-0.05, 0) is 17.7 Å². The lowest BCUT2D eigenvalue weighted by molar-refractivity contribution is 0.0968. The zero-order valence-corrected chi connectivity index (χ0v) is 11.3. The van der Waals surface area contributed by atoms with Gasteiger partial charge in [0.25, 0.3) is 5.91 Å². The smallest absolute Gasteiger partial charge is 0.275 e. The molecule has 0 N–H and O–H groups in total. The first kappa shape index (κ1) is 12.2. The summed E-state index contributed by atoms with van der Waals surface area (Å²) in [5.41, 5.74) is 3.43. The van der Waals surface area contributed by atoms with E-state index in [1.54, 1.807) is 4.57 Å². The van der Waals surface area contributed by atoms with Gasteiger partial charge in [-0.2, -0.15) is 5.26 Å². The maximum absolute atomic E-state index is 12.5. The van der Waals surface area contributed by atoms with Crippen molar-refractivity contribution in [2.75, 3.05) is 14.1 Å². The van der Waals surface area contributed by atoms with Crippen LogP contribution in [0.2, 0.25) is 0 Å². The van der Waals surface area contributed by atoms with Crippen LogP contribution >= 0.6 is 0 Å². The molecule has 0 bridgehead atoms. The molecule has 1 aromatic carbocycles. The Kier molecular flexibility index (Phi) is 2.69. The molecule has 0 atom stereocenters. The van der Waals surface area contributed by atoms with Gasteiger partial charge in [-0.1, -0.05) is 30.3 Å². The fourth-order valence-corrected chi connectivity index (χ4v) is 2.57. The van der Waals surface area contributed by atoms with E-state index in [0.717, 1.165) is 17.0 Å². The summed E-state index contributed by atoms with van der Waals surface area (Å²) in [6, 6.07) is 15.5. The quantitative estimate of drug-likeness (QED) is 0.836. The summed E-state index contributed by atoms with van der Waals surface area (Å²) in [6.45, 7) is 0. The van der Waals surface area contributed by atoms with Crippen LogP contribution in [0.4, 0.5) is 0 Å². The Hall–Kier alpha value is -2.80. The number of fused-ring (bicyclic) bond motifs is 1. The second kappa shape index (κ2) is 4.39. The maximum Gasteiger partial charge on any atom is 0.275 e. The van der Waals surface area contributed by atoms with E-state index in [4.69, 9.17) is 0 Å². The molecule has 4 heteroatoms. The number of nitriles is 1. The molecule has 0 fully saturated rings. The lowest BCUT2D eigenvalue weighted by Gasteiger charge is -2.13. The molecule has 1 aliphatic heterocycles. The molecule has 0 saturated heterocycles. The summed E-state index contributed by atoms with van der Waals surface area (Å²) < 4.78 is 1.61. The number of carbonyl (C=O) groups excluding carboxylic acids is 1. The lowest BCUT2D eigenvalue weighted by Crippen LogP contribution is -2.10. The number of hydrogen-bond acceptors (Lipinski definition) is 3. The van der Waals surface area contributed by atoms with Crippen molar-refractivity contribution in [2.45, 2.75) is 0 Å². The molecule has 2 aromatic rings. The molecular formula is C16H13N3O. The fourth-order valence-electron chi connectivity index (χ4n) is 2.57. The molecular weight excluding hydrogens is 250 g/mol. The van der Waals surface area contributed by atoms with Gasteiger partial charge in [-0.3, -0.25) is 9.36 Å². The minimum atomic E-state index is -0.255. The highest BCUT2D eigenvalue weighted by Crippen LogP contribution is 2.34. The van der Waals surface area contributed by atoms with Crippen molar-refractivity contribution in [1.82, 2.24) is 9.47 Å². The van der Waals surface area contributed by atoms with Crippen LogP contribution in [-0.4, -0.2) is 29.5 Å². The lowest BCUT2D eigenvalue weighted by atomic mass is 10.1. The average Bonchev–Trinajstić information content (AvgIpc) is 2.98. The number of allylic oxidation sites excluding steroid dienone is 1. The highest BCUT2D eigenvalue weighted by molar-refractivity contribution is 6.13. The first-order chi connectivity index (χ1) is 9.65. The van der Waals surface area contributed by atoms with Crippen molar-refractivity contribution in [2.24, 2.45) is 0 Å². The van der Waals surface area contributed by atoms with Crippen molar-refractivity contribution >= 4 is 11.6 Å². The van der Waals surface area contributed by atoms with Crippen LogP contribution in [0, 0.1) is 11.3 Å². The highest BCUT2D eigenvalue weighted by atomic mass is 16.2. The van der Waals surface area contributed by atoms with E-state index in [0.29, 0.717) is 5.70 Å². The Morgan fingerprint density at radius 2 is 1.70 bits per heavy atom. The van der Waals surface area contributed by atoms with Gasteiger partial charge >= 0.3 is 0 Å². The van der Waals surface area contributed by atoms with Crippen LogP contribution < -0.4 is 0 Å². The molecule has 0 radical (unpaired) electrons. The zero-order chi connectivity index (χ0) is 14.3. The van der Waals surface area contributed by atoms with E-state index < -0.39 is 0 Å². The van der Waals surface area contributed by atoms with E-state index in [1.165, 1.54) is 0 Å². The molecule has 0 unspecified atom stereocenters. The van der Waals surface area contributed by atoms with Gasteiger partial charge in [0, 0.05) is 14.1 Å². The van der Waals surface area contributed by atoms with Crippen molar-refractivity contribution in [3.8, 4) is 17.3 Å². The summed E-state index contributed by atoms with van der Waals surface area (Å²) in [5.74, 6) is -0.255. The molecule has 1 aromatic heterocycles. The van der Waals surface area contributed by atoms with Crippen LogP contribution in [0.5, 0.6) is 0 Å². The van der Waals surface area contributed by atoms with Crippen LogP contribution in [0.15, 0.2) is 48.0 Å². The average molecular weight is 263 g/mol. The zero-order valence-electron chi connectivity index (χ0n) is 11.3. The molecule has 4 nitrogen and oxygen atoms in total. The molecule has 1 aliphatic rings. The molecule has 20 heavy (non-hydrogen) atoms. The van der Waals surface area contributed by atoms with Gasteiger partial charge in [0.1, 0.15) is 11.6 Å². The van der Waals surface area contributed by atoms with E-state index in [1.807, 2.05) is 67.5 Å². The molecule has 0 saturated carbocycles. The normalized spacial score (nSPS) is 13.3. The Morgan fingerprint density at radius 3 is 2.30 bits per heavy atom. The molecule has 2 heterocycles. The van der Waals surface area contributed by atoms with Crippen molar-refractivity contribution in [3.05, 3.63) is 53.7 Å². The van der Waals surface area contributed by atoms with Gasteiger partial charge in [-0.15, -0.1) is 0 Å². The summed E-state index contributed by atoms with van der Waals surface area (Å²) in [6.07, 6.45) is 0. The number of rotatable bonds is 2. The minimum absolute atomic E-state index is 0.197. The SMILES string of the molecule is CN(C)C1=C(C#N)C(=O)n2c1ccc2-c1ccccc1. The number of hydrogen-bond donors (Lipinski definition) is 0. The Balaban J connectivity index is 2.22. The topological polar surface area (TPSA) is 49.0 Å². The van der Waals surface area contributed by atoms with E-state index in [9.17, 15) is 10.1 Å². The fraction of sp³-hybridized carbons (Fsp3) is 0.125. The first-order valence-corrected chi connectivity index (χ1v) is 6.29. The first-order valence-electron chi connectivity index (χ1n) is 6.29. The number of carbonyl (C=O) groups is 1. The Bertz CT molecular complexity index is 761. The van der Waals surface area contributed by atoms with E-state index >= 15 is 0 Å². The molecule has 3 rings (SSSR count). The Labute approximate surface area is 117 Å².